The molecule has 20 heavy (non-hydrogen) atoms. The normalized spacial score (nSPS) is 19.1. The first-order valence-corrected chi connectivity index (χ1v) is 8.45. The fourth-order valence-electron chi connectivity index (χ4n) is 2.25. The molecule has 2 heterocycles. The number of nitrogens with one attached hydrogen (secondary N) is 2. The summed E-state index contributed by atoms with van der Waals surface area (Å²) >= 11 is 2.05. The van der Waals surface area contributed by atoms with Crippen LogP contribution in [0.1, 0.15) is 38.6 Å². The Hall–Kier alpha value is -0.970. The van der Waals surface area contributed by atoms with Crippen LogP contribution in [0.4, 0.5) is 11.6 Å². The van der Waals surface area contributed by atoms with Crippen molar-refractivity contribution < 1.29 is 0 Å². The maximum atomic E-state index is 4.74. The summed E-state index contributed by atoms with van der Waals surface area (Å²) in [5.74, 6) is 6.12. The van der Waals surface area contributed by atoms with Gasteiger partial charge in [-0.15, -0.1) is 0 Å². The molecule has 0 amide bonds. The Morgan fingerprint density at radius 2 is 1.95 bits per heavy atom. The van der Waals surface area contributed by atoms with Crippen molar-refractivity contribution in [2.45, 2.75) is 39.5 Å². The number of hydrogen-bond acceptors (Lipinski definition) is 5. The Morgan fingerprint density at radius 1 is 1.25 bits per heavy atom. The second-order valence-electron chi connectivity index (χ2n) is 6.48. The van der Waals surface area contributed by atoms with Crippen LogP contribution >= 0.6 is 11.8 Å². The van der Waals surface area contributed by atoms with E-state index in [1.54, 1.807) is 0 Å². The van der Waals surface area contributed by atoms with Gasteiger partial charge in [0.15, 0.2) is 0 Å². The lowest BCUT2D eigenvalue weighted by atomic mass is 9.95. The molecular formula is C15H26N4S. The molecule has 2 N–H and O–H groups in total. The van der Waals surface area contributed by atoms with Crippen LogP contribution in [0.2, 0.25) is 0 Å². The highest BCUT2D eigenvalue weighted by Gasteiger charge is 2.22. The van der Waals surface area contributed by atoms with Crippen LogP contribution in [0.15, 0.2) is 0 Å². The molecule has 1 atom stereocenters. The first kappa shape index (κ1) is 15.4. The van der Waals surface area contributed by atoms with Gasteiger partial charge < -0.3 is 10.6 Å². The van der Waals surface area contributed by atoms with Gasteiger partial charge in [0.25, 0.3) is 0 Å². The van der Waals surface area contributed by atoms with Crippen molar-refractivity contribution in [1.29, 1.82) is 0 Å². The second kappa shape index (κ2) is 6.20. The second-order valence-corrected chi connectivity index (χ2v) is 7.63. The Labute approximate surface area is 126 Å². The largest absolute Gasteiger partial charge is 0.373 e. The van der Waals surface area contributed by atoms with E-state index in [2.05, 4.69) is 55.1 Å². The Balaban J connectivity index is 2.21. The lowest BCUT2D eigenvalue weighted by Gasteiger charge is -2.21. The average molecular weight is 294 g/mol. The van der Waals surface area contributed by atoms with Gasteiger partial charge >= 0.3 is 0 Å². The SMILES string of the molecule is CNc1nc(C(C)(C)C)nc(NCC2CCSC2)c1C. The van der Waals surface area contributed by atoms with Crippen molar-refractivity contribution in [3.8, 4) is 0 Å². The smallest absolute Gasteiger partial charge is 0.138 e. The van der Waals surface area contributed by atoms with Crippen LogP contribution in [0.3, 0.4) is 0 Å². The summed E-state index contributed by atoms with van der Waals surface area (Å²) in [6.45, 7) is 9.53. The number of hydrogen-bond donors (Lipinski definition) is 2. The van der Waals surface area contributed by atoms with Gasteiger partial charge in [-0.1, -0.05) is 20.8 Å². The van der Waals surface area contributed by atoms with Crippen LogP contribution in [-0.4, -0.2) is 35.1 Å². The van der Waals surface area contributed by atoms with Crippen LogP contribution in [0.5, 0.6) is 0 Å². The van der Waals surface area contributed by atoms with E-state index in [0.29, 0.717) is 0 Å². The third-order valence-electron chi connectivity index (χ3n) is 3.64. The molecule has 1 aliphatic rings. The highest BCUT2D eigenvalue weighted by Crippen LogP contribution is 2.28. The fraction of sp³-hybridized carbons (Fsp3) is 0.733. The maximum Gasteiger partial charge on any atom is 0.138 e. The predicted octanol–water partition coefficient (Wildman–Crippen LogP) is 3.29. The number of rotatable bonds is 4. The van der Waals surface area contributed by atoms with Gasteiger partial charge in [-0.25, -0.2) is 9.97 Å². The van der Waals surface area contributed by atoms with Crippen LogP contribution in [-0.2, 0) is 5.41 Å². The minimum atomic E-state index is -0.0427. The molecule has 0 spiro atoms. The van der Waals surface area contributed by atoms with Gasteiger partial charge in [0.1, 0.15) is 17.5 Å². The highest BCUT2D eigenvalue weighted by atomic mass is 32.2. The topological polar surface area (TPSA) is 49.8 Å². The Bertz CT molecular complexity index is 462. The molecule has 0 saturated carbocycles. The van der Waals surface area contributed by atoms with Gasteiger partial charge in [-0.2, -0.15) is 11.8 Å². The van der Waals surface area contributed by atoms with E-state index in [4.69, 9.17) is 4.98 Å². The number of thioether (sulfide) groups is 1. The predicted molar refractivity (Wildman–Crippen MR) is 88.9 cm³/mol. The molecule has 0 aliphatic carbocycles. The molecule has 0 radical (unpaired) electrons. The van der Waals surface area contributed by atoms with E-state index >= 15 is 0 Å². The summed E-state index contributed by atoms with van der Waals surface area (Å²) in [5.41, 5.74) is 1.06. The molecule has 112 valence electrons. The summed E-state index contributed by atoms with van der Waals surface area (Å²) < 4.78 is 0. The van der Waals surface area contributed by atoms with Gasteiger partial charge in [-0.3, -0.25) is 0 Å². The molecule has 1 saturated heterocycles. The quantitative estimate of drug-likeness (QED) is 0.892. The third-order valence-corrected chi connectivity index (χ3v) is 4.87. The van der Waals surface area contributed by atoms with Crippen molar-refractivity contribution in [3.63, 3.8) is 0 Å². The minimum Gasteiger partial charge on any atom is -0.373 e. The van der Waals surface area contributed by atoms with E-state index in [0.717, 1.165) is 35.5 Å². The lowest BCUT2D eigenvalue weighted by Crippen LogP contribution is -2.21. The van der Waals surface area contributed by atoms with E-state index in [-0.39, 0.29) is 5.41 Å². The monoisotopic (exact) mass is 294 g/mol. The maximum absolute atomic E-state index is 4.74. The summed E-state index contributed by atoms with van der Waals surface area (Å²) in [4.78, 5) is 9.38. The molecule has 0 aromatic carbocycles. The molecule has 1 aliphatic heterocycles. The third kappa shape index (κ3) is 3.57. The standard InChI is InChI=1S/C15H26N4S/c1-10-12(16-5)18-14(15(2,3)4)19-13(10)17-8-11-6-7-20-9-11/h11H,6-9H2,1-5H3,(H2,16,17,18,19). The average Bonchev–Trinajstić information content (AvgIpc) is 2.89. The number of nitrogens with zero attached hydrogens (tertiary/aromatic N) is 2. The van der Waals surface area contributed by atoms with Gasteiger partial charge in [-0.05, 0) is 30.8 Å². The zero-order valence-electron chi connectivity index (χ0n) is 13.2. The van der Waals surface area contributed by atoms with Crippen LogP contribution < -0.4 is 10.6 Å². The van der Waals surface area contributed by atoms with Gasteiger partial charge in [0.2, 0.25) is 0 Å². The fourth-order valence-corrected chi connectivity index (χ4v) is 3.54. The van der Waals surface area contributed by atoms with Gasteiger partial charge in [0.05, 0.1) is 0 Å². The molecule has 0 bridgehead atoms. The number of aromatic nitrogens is 2. The van der Waals surface area contributed by atoms with Crippen molar-refractivity contribution >= 4 is 23.4 Å². The minimum absolute atomic E-state index is 0.0427. The van der Waals surface area contributed by atoms with Crippen molar-refractivity contribution in [3.05, 3.63) is 11.4 Å². The van der Waals surface area contributed by atoms with Crippen molar-refractivity contribution in [1.82, 2.24) is 9.97 Å². The molecule has 1 unspecified atom stereocenters. The number of anilines is 2. The first-order chi connectivity index (χ1) is 9.41. The molecule has 1 aromatic rings. The summed E-state index contributed by atoms with van der Waals surface area (Å²) in [5, 5.41) is 6.72. The van der Waals surface area contributed by atoms with Crippen LogP contribution in [0.25, 0.3) is 0 Å². The summed E-state index contributed by atoms with van der Waals surface area (Å²) in [6, 6.07) is 0. The Kier molecular flexibility index (Phi) is 4.78. The summed E-state index contributed by atoms with van der Waals surface area (Å²) in [7, 11) is 1.92. The van der Waals surface area contributed by atoms with Gasteiger partial charge in [0, 0.05) is 24.6 Å². The van der Waals surface area contributed by atoms with E-state index in [1.165, 1.54) is 17.9 Å². The molecule has 1 fully saturated rings. The van der Waals surface area contributed by atoms with Crippen molar-refractivity contribution in [2.24, 2.45) is 5.92 Å². The van der Waals surface area contributed by atoms with E-state index in [9.17, 15) is 0 Å². The van der Waals surface area contributed by atoms with E-state index in [1.807, 2.05) is 7.05 Å². The van der Waals surface area contributed by atoms with Crippen molar-refractivity contribution in [2.75, 3.05) is 35.7 Å². The zero-order chi connectivity index (χ0) is 14.8. The highest BCUT2D eigenvalue weighted by molar-refractivity contribution is 7.99. The molecular weight excluding hydrogens is 268 g/mol. The molecule has 1 aromatic heterocycles. The van der Waals surface area contributed by atoms with Crippen LogP contribution in [0, 0.1) is 12.8 Å². The molecule has 5 heteroatoms. The Morgan fingerprint density at radius 3 is 2.50 bits per heavy atom. The lowest BCUT2D eigenvalue weighted by molar-refractivity contribution is 0.545. The summed E-state index contributed by atoms with van der Waals surface area (Å²) in [6.07, 6.45) is 1.31. The molecule has 2 rings (SSSR count). The van der Waals surface area contributed by atoms with E-state index < -0.39 is 0 Å². The first-order valence-electron chi connectivity index (χ1n) is 7.30. The zero-order valence-corrected chi connectivity index (χ0v) is 14.0. The molecule has 4 nitrogen and oxygen atoms in total.